The standard InChI is InChI=1S/C15H10Cl2F2N4O2S/c16-11-3-1-9(5-12(11)17)7-23-8-20-15(21-23)22-26(24,25)14-6-10(18)2-4-13(14)19/h1-6,8H,7H2,(H,21,22). The molecule has 0 atom stereocenters. The molecule has 3 aromatic rings. The Morgan fingerprint density at radius 3 is 2.58 bits per heavy atom. The Morgan fingerprint density at radius 2 is 1.85 bits per heavy atom. The number of benzene rings is 2. The van der Waals surface area contributed by atoms with Crippen LogP contribution >= 0.6 is 23.2 Å². The highest BCUT2D eigenvalue weighted by atomic mass is 35.5. The third-order valence-corrected chi connectivity index (χ3v) is 5.36. The predicted octanol–water partition coefficient (Wildman–Crippen LogP) is 3.71. The van der Waals surface area contributed by atoms with Crippen molar-refractivity contribution in [3.63, 3.8) is 0 Å². The molecule has 0 saturated heterocycles. The lowest BCUT2D eigenvalue weighted by atomic mass is 10.2. The van der Waals surface area contributed by atoms with Crippen LogP contribution in [0.4, 0.5) is 14.7 Å². The van der Waals surface area contributed by atoms with E-state index in [0.717, 1.165) is 17.7 Å². The Kier molecular flexibility index (Phi) is 5.12. The second-order valence-electron chi connectivity index (χ2n) is 5.19. The zero-order chi connectivity index (χ0) is 18.9. The topological polar surface area (TPSA) is 76.9 Å². The summed E-state index contributed by atoms with van der Waals surface area (Å²) in [5.74, 6) is -2.26. The molecule has 0 aliphatic carbocycles. The van der Waals surface area contributed by atoms with Gasteiger partial charge in [-0.25, -0.2) is 26.6 Å². The van der Waals surface area contributed by atoms with Crippen LogP contribution < -0.4 is 4.72 Å². The van der Waals surface area contributed by atoms with Gasteiger partial charge in [0, 0.05) is 0 Å². The summed E-state index contributed by atoms with van der Waals surface area (Å²) in [5, 5.41) is 4.71. The summed E-state index contributed by atoms with van der Waals surface area (Å²) < 4.78 is 54.6. The smallest absolute Gasteiger partial charge is 0.246 e. The molecule has 0 spiro atoms. The van der Waals surface area contributed by atoms with Crippen LogP contribution in [-0.2, 0) is 16.6 Å². The first kappa shape index (κ1) is 18.6. The van der Waals surface area contributed by atoms with Gasteiger partial charge < -0.3 is 0 Å². The number of sulfonamides is 1. The summed E-state index contributed by atoms with van der Waals surface area (Å²) >= 11 is 11.8. The Morgan fingerprint density at radius 1 is 1.08 bits per heavy atom. The maximum Gasteiger partial charge on any atom is 0.267 e. The third kappa shape index (κ3) is 4.12. The zero-order valence-electron chi connectivity index (χ0n) is 12.8. The molecular formula is C15H10Cl2F2N4O2S. The van der Waals surface area contributed by atoms with Gasteiger partial charge in [-0.3, -0.25) is 0 Å². The molecule has 6 nitrogen and oxygen atoms in total. The highest BCUT2D eigenvalue weighted by molar-refractivity contribution is 7.92. The fraction of sp³-hybridized carbons (Fsp3) is 0.0667. The van der Waals surface area contributed by atoms with Gasteiger partial charge in [-0.1, -0.05) is 29.3 Å². The molecule has 0 amide bonds. The number of rotatable bonds is 5. The van der Waals surface area contributed by atoms with Gasteiger partial charge in [0.05, 0.1) is 16.6 Å². The number of anilines is 1. The number of hydrogen-bond acceptors (Lipinski definition) is 4. The van der Waals surface area contributed by atoms with Crippen molar-refractivity contribution in [1.82, 2.24) is 14.8 Å². The summed E-state index contributed by atoms with van der Waals surface area (Å²) in [5.41, 5.74) is 0.759. The Balaban J connectivity index is 1.79. The lowest BCUT2D eigenvalue weighted by molar-refractivity contribution is 0.555. The number of aromatic nitrogens is 3. The highest BCUT2D eigenvalue weighted by Crippen LogP contribution is 2.23. The van der Waals surface area contributed by atoms with Crippen LogP contribution in [0.1, 0.15) is 5.56 Å². The second-order valence-corrected chi connectivity index (χ2v) is 7.66. The van der Waals surface area contributed by atoms with Crippen LogP contribution in [0, 0.1) is 11.6 Å². The fourth-order valence-corrected chi connectivity index (χ4v) is 3.46. The number of hydrogen-bond donors (Lipinski definition) is 1. The summed E-state index contributed by atoms with van der Waals surface area (Å²) in [4.78, 5) is 2.97. The molecule has 0 aliphatic heterocycles. The molecule has 2 aromatic carbocycles. The van der Waals surface area contributed by atoms with Crippen LogP contribution in [0.3, 0.4) is 0 Å². The Labute approximate surface area is 157 Å². The van der Waals surface area contributed by atoms with Gasteiger partial charge in [-0.2, -0.15) is 4.98 Å². The molecule has 11 heteroatoms. The molecule has 0 aliphatic rings. The molecule has 1 aromatic heterocycles. The van der Waals surface area contributed by atoms with Gasteiger partial charge in [-0.05, 0) is 35.9 Å². The number of halogens is 4. The SMILES string of the molecule is O=S(=O)(Nc1ncn(Cc2ccc(Cl)c(Cl)c2)n1)c1cc(F)ccc1F. The summed E-state index contributed by atoms with van der Waals surface area (Å²) in [6.45, 7) is 0.250. The van der Waals surface area contributed by atoms with Crippen molar-refractivity contribution < 1.29 is 17.2 Å². The Hall–Kier alpha value is -2.23. The average Bonchev–Trinajstić information content (AvgIpc) is 2.99. The van der Waals surface area contributed by atoms with Crippen LogP contribution in [0.2, 0.25) is 10.0 Å². The van der Waals surface area contributed by atoms with Crippen molar-refractivity contribution >= 4 is 39.2 Å². The molecule has 0 bridgehead atoms. The van der Waals surface area contributed by atoms with Crippen LogP contribution in [0.15, 0.2) is 47.6 Å². The normalized spacial score (nSPS) is 11.5. The van der Waals surface area contributed by atoms with Crippen molar-refractivity contribution in [1.29, 1.82) is 0 Å². The first-order valence-electron chi connectivity index (χ1n) is 7.06. The molecule has 0 fully saturated rings. The van der Waals surface area contributed by atoms with E-state index in [-0.39, 0.29) is 12.5 Å². The minimum absolute atomic E-state index is 0.250. The van der Waals surface area contributed by atoms with Crippen molar-refractivity contribution in [2.45, 2.75) is 11.4 Å². The fourth-order valence-electron chi connectivity index (χ4n) is 2.10. The number of nitrogens with one attached hydrogen (secondary N) is 1. The monoisotopic (exact) mass is 418 g/mol. The largest absolute Gasteiger partial charge is 0.267 e. The van der Waals surface area contributed by atoms with Gasteiger partial charge in [0.2, 0.25) is 0 Å². The minimum Gasteiger partial charge on any atom is -0.246 e. The van der Waals surface area contributed by atoms with Crippen LogP contribution in [-0.4, -0.2) is 23.2 Å². The van der Waals surface area contributed by atoms with E-state index < -0.39 is 26.6 Å². The third-order valence-electron chi connectivity index (χ3n) is 3.27. The maximum absolute atomic E-state index is 13.7. The molecule has 0 saturated carbocycles. The van der Waals surface area contributed by atoms with Crippen molar-refractivity contribution in [2.24, 2.45) is 0 Å². The van der Waals surface area contributed by atoms with Gasteiger partial charge in [0.15, 0.2) is 0 Å². The highest BCUT2D eigenvalue weighted by Gasteiger charge is 2.21. The lowest BCUT2D eigenvalue weighted by Crippen LogP contribution is -2.16. The lowest BCUT2D eigenvalue weighted by Gasteiger charge is -2.06. The number of nitrogens with zero attached hydrogens (tertiary/aromatic N) is 3. The quantitative estimate of drug-likeness (QED) is 0.684. The Bertz CT molecular complexity index is 1070. The van der Waals surface area contributed by atoms with Gasteiger partial charge in [0.25, 0.3) is 16.0 Å². The van der Waals surface area contributed by atoms with E-state index in [0.29, 0.717) is 16.1 Å². The molecule has 1 N–H and O–H groups in total. The zero-order valence-corrected chi connectivity index (χ0v) is 15.2. The first-order valence-corrected chi connectivity index (χ1v) is 9.30. The summed E-state index contributed by atoms with van der Waals surface area (Å²) in [7, 11) is -4.38. The van der Waals surface area contributed by atoms with E-state index in [9.17, 15) is 17.2 Å². The van der Waals surface area contributed by atoms with Crippen LogP contribution in [0.5, 0.6) is 0 Å². The van der Waals surface area contributed by atoms with E-state index in [1.165, 1.54) is 11.0 Å². The molecule has 1 heterocycles. The minimum atomic E-state index is -4.38. The van der Waals surface area contributed by atoms with Crippen molar-refractivity contribution in [3.8, 4) is 0 Å². The van der Waals surface area contributed by atoms with E-state index in [1.54, 1.807) is 18.2 Å². The summed E-state index contributed by atoms with van der Waals surface area (Å²) in [6.07, 6.45) is 1.28. The van der Waals surface area contributed by atoms with E-state index in [1.807, 2.05) is 4.72 Å². The van der Waals surface area contributed by atoms with E-state index in [4.69, 9.17) is 23.2 Å². The van der Waals surface area contributed by atoms with Gasteiger partial charge >= 0.3 is 0 Å². The first-order chi connectivity index (χ1) is 12.2. The van der Waals surface area contributed by atoms with E-state index in [2.05, 4.69) is 10.1 Å². The van der Waals surface area contributed by atoms with Crippen molar-refractivity contribution in [3.05, 3.63) is 70.0 Å². The molecule has 26 heavy (non-hydrogen) atoms. The molecular weight excluding hydrogens is 409 g/mol. The molecule has 0 radical (unpaired) electrons. The van der Waals surface area contributed by atoms with Gasteiger partial charge in [0.1, 0.15) is 22.9 Å². The average molecular weight is 419 g/mol. The van der Waals surface area contributed by atoms with Crippen molar-refractivity contribution in [2.75, 3.05) is 4.72 Å². The molecule has 0 unspecified atom stereocenters. The van der Waals surface area contributed by atoms with Gasteiger partial charge in [-0.15, -0.1) is 5.10 Å². The second kappa shape index (κ2) is 7.18. The molecule has 136 valence electrons. The predicted molar refractivity (Wildman–Crippen MR) is 92.8 cm³/mol. The van der Waals surface area contributed by atoms with E-state index >= 15 is 0 Å². The summed E-state index contributed by atoms with van der Waals surface area (Å²) in [6, 6.07) is 7.09. The molecule has 3 rings (SSSR count). The van der Waals surface area contributed by atoms with Crippen LogP contribution in [0.25, 0.3) is 0 Å². The maximum atomic E-state index is 13.7.